The summed E-state index contributed by atoms with van der Waals surface area (Å²) in [6.07, 6.45) is 1.07. The van der Waals surface area contributed by atoms with E-state index in [0.29, 0.717) is 6.04 Å². The van der Waals surface area contributed by atoms with E-state index in [4.69, 9.17) is 0 Å². The lowest BCUT2D eigenvalue weighted by Crippen LogP contribution is -2.41. The maximum absolute atomic E-state index is 12.6. The number of halogens is 1. The van der Waals surface area contributed by atoms with Gasteiger partial charge in [0.15, 0.2) is 0 Å². The smallest absolute Gasteiger partial charge is 0.231 e. The second-order valence-electron chi connectivity index (χ2n) is 5.00. The van der Waals surface area contributed by atoms with Crippen molar-refractivity contribution in [1.29, 1.82) is 0 Å². The minimum atomic E-state index is 0. The Labute approximate surface area is 124 Å². The van der Waals surface area contributed by atoms with E-state index >= 15 is 0 Å². The highest BCUT2D eigenvalue weighted by molar-refractivity contribution is 7.99. The number of thioether (sulfide) groups is 1. The van der Waals surface area contributed by atoms with Crippen LogP contribution in [0, 0.1) is 0 Å². The highest BCUT2D eigenvalue weighted by Gasteiger charge is 2.33. The largest absolute Gasteiger partial charge is 0.341 e. The first kappa shape index (κ1) is 14.7. The Morgan fingerprint density at radius 2 is 2.21 bits per heavy atom. The molecule has 3 rings (SSSR count). The molecule has 2 unspecified atom stereocenters. The summed E-state index contributed by atoms with van der Waals surface area (Å²) < 4.78 is 0. The number of amides is 1. The van der Waals surface area contributed by atoms with Gasteiger partial charge in [-0.05, 0) is 24.6 Å². The van der Waals surface area contributed by atoms with Gasteiger partial charge in [-0.2, -0.15) is 0 Å². The van der Waals surface area contributed by atoms with Crippen molar-refractivity contribution >= 4 is 30.1 Å². The molecule has 0 aliphatic carbocycles. The van der Waals surface area contributed by atoms with Crippen molar-refractivity contribution in [3.63, 3.8) is 0 Å². The highest BCUT2D eigenvalue weighted by Crippen LogP contribution is 2.40. The summed E-state index contributed by atoms with van der Waals surface area (Å²) >= 11 is 1.80. The molecule has 1 amide bonds. The van der Waals surface area contributed by atoms with Crippen LogP contribution >= 0.6 is 24.2 Å². The molecule has 0 bridgehead atoms. The number of benzene rings is 1. The number of carbonyl (C=O) groups is 1. The van der Waals surface area contributed by atoms with Crippen LogP contribution in [0.1, 0.15) is 17.9 Å². The number of nitrogens with one attached hydrogen (secondary N) is 1. The van der Waals surface area contributed by atoms with Gasteiger partial charge in [0.05, 0.1) is 5.92 Å². The van der Waals surface area contributed by atoms with Crippen LogP contribution in [0.4, 0.5) is 0 Å². The Bertz CT molecular complexity index is 463. The average molecular weight is 299 g/mol. The van der Waals surface area contributed by atoms with Gasteiger partial charge in [-0.1, -0.05) is 18.2 Å². The monoisotopic (exact) mass is 298 g/mol. The van der Waals surface area contributed by atoms with Crippen LogP contribution in [0.25, 0.3) is 0 Å². The Morgan fingerprint density at radius 3 is 2.95 bits per heavy atom. The van der Waals surface area contributed by atoms with Crippen molar-refractivity contribution in [2.24, 2.45) is 0 Å². The lowest BCUT2D eigenvalue weighted by Gasteiger charge is -2.26. The first-order valence-electron chi connectivity index (χ1n) is 6.46. The van der Waals surface area contributed by atoms with Crippen LogP contribution in [0.3, 0.4) is 0 Å². The molecule has 0 radical (unpaired) electrons. The molecule has 19 heavy (non-hydrogen) atoms. The van der Waals surface area contributed by atoms with Crippen LogP contribution in [0.5, 0.6) is 0 Å². The number of likely N-dealkylation sites (N-methyl/N-ethyl adjacent to an activating group) is 1. The molecule has 104 valence electrons. The van der Waals surface area contributed by atoms with Gasteiger partial charge in [-0.15, -0.1) is 24.2 Å². The summed E-state index contributed by atoms with van der Waals surface area (Å²) in [4.78, 5) is 15.8. The molecule has 2 aliphatic rings. The van der Waals surface area contributed by atoms with Crippen LogP contribution < -0.4 is 5.32 Å². The zero-order chi connectivity index (χ0) is 12.5. The van der Waals surface area contributed by atoms with Crippen LogP contribution in [0.15, 0.2) is 29.2 Å². The number of hydrogen-bond donors (Lipinski definition) is 1. The number of carbonyl (C=O) groups excluding carboxylic acids is 1. The van der Waals surface area contributed by atoms with Gasteiger partial charge < -0.3 is 10.2 Å². The van der Waals surface area contributed by atoms with Crippen LogP contribution in [-0.2, 0) is 4.79 Å². The van der Waals surface area contributed by atoms with E-state index in [1.807, 2.05) is 24.1 Å². The van der Waals surface area contributed by atoms with Gasteiger partial charge >= 0.3 is 0 Å². The van der Waals surface area contributed by atoms with E-state index in [2.05, 4.69) is 17.4 Å². The van der Waals surface area contributed by atoms with Gasteiger partial charge in [0.2, 0.25) is 5.91 Å². The second-order valence-corrected chi connectivity index (χ2v) is 6.06. The Kier molecular flexibility index (Phi) is 4.76. The van der Waals surface area contributed by atoms with Crippen molar-refractivity contribution < 1.29 is 4.79 Å². The fraction of sp³-hybridized carbons (Fsp3) is 0.500. The van der Waals surface area contributed by atoms with Crippen LogP contribution in [-0.4, -0.2) is 42.7 Å². The van der Waals surface area contributed by atoms with Gasteiger partial charge in [0.25, 0.3) is 0 Å². The first-order chi connectivity index (χ1) is 8.77. The lowest BCUT2D eigenvalue weighted by molar-refractivity contribution is -0.132. The molecule has 3 nitrogen and oxygen atoms in total. The summed E-state index contributed by atoms with van der Waals surface area (Å²) in [6, 6.07) is 8.66. The summed E-state index contributed by atoms with van der Waals surface area (Å²) in [5.41, 5.74) is 1.21. The zero-order valence-corrected chi connectivity index (χ0v) is 12.6. The van der Waals surface area contributed by atoms with Crippen molar-refractivity contribution in [3.8, 4) is 0 Å². The molecular formula is C14H19ClN2OS. The maximum Gasteiger partial charge on any atom is 0.231 e. The van der Waals surface area contributed by atoms with E-state index in [1.54, 1.807) is 11.8 Å². The average Bonchev–Trinajstić information content (AvgIpc) is 3.06. The third-order valence-corrected chi connectivity index (χ3v) is 5.11. The maximum atomic E-state index is 12.6. The zero-order valence-electron chi connectivity index (χ0n) is 11.0. The summed E-state index contributed by atoms with van der Waals surface area (Å²) in [5, 5.41) is 3.32. The SMILES string of the molecule is CN(C(=O)C1CSc2ccccc21)C1CCNC1.Cl. The number of rotatable bonds is 2. The number of nitrogens with zero attached hydrogens (tertiary/aromatic N) is 1. The Hall–Kier alpha value is -0.710. The van der Waals surface area contributed by atoms with Crippen molar-refractivity contribution in [2.75, 3.05) is 25.9 Å². The predicted octanol–water partition coefficient (Wildman–Crippen LogP) is 2.12. The molecule has 2 atom stereocenters. The minimum Gasteiger partial charge on any atom is -0.341 e. The normalized spacial score (nSPS) is 24.7. The van der Waals surface area contributed by atoms with Crippen molar-refractivity contribution in [1.82, 2.24) is 10.2 Å². The highest BCUT2D eigenvalue weighted by atomic mass is 35.5. The topological polar surface area (TPSA) is 32.3 Å². The second kappa shape index (κ2) is 6.16. The molecule has 2 heterocycles. The van der Waals surface area contributed by atoms with E-state index in [9.17, 15) is 4.79 Å². The molecule has 0 spiro atoms. The molecule has 1 saturated heterocycles. The van der Waals surface area contributed by atoms with E-state index < -0.39 is 0 Å². The molecule has 2 aliphatic heterocycles. The van der Waals surface area contributed by atoms with E-state index in [0.717, 1.165) is 25.3 Å². The summed E-state index contributed by atoms with van der Waals surface area (Å²) in [6.45, 7) is 1.96. The van der Waals surface area contributed by atoms with E-state index in [-0.39, 0.29) is 24.2 Å². The van der Waals surface area contributed by atoms with Crippen molar-refractivity contribution in [2.45, 2.75) is 23.3 Å². The third-order valence-electron chi connectivity index (χ3n) is 3.93. The molecule has 1 fully saturated rings. The van der Waals surface area contributed by atoms with Gasteiger partial charge in [-0.3, -0.25) is 4.79 Å². The quantitative estimate of drug-likeness (QED) is 0.908. The Morgan fingerprint density at radius 1 is 1.42 bits per heavy atom. The lowest BCUT2D eigenvalue weighted by atomic mass is 9.99. The molecule has 0 saturated carbocycles. The fourth-order valence-electron chi connectivity index (χ4n) is 2.76. The minimum absolute atomic E-state index is 0. The van der Waals surface area contributed by atoms with Crippen molar-refractivity contribution in [3.05, 3.63) is 29.8 Å². The molecular weight excluding hydrogens is 280 g/mol. The Balaban J connectivity index is 0.00000133. The van der Waals surface area contributed by atoms with Crippen LogP contribution in [0.2, 0.25) is 0 Å². The summed E-state index contributed by atoms with van der Waals surface area (Å²) in [5.74, 6) is 1.22. The van der Waals surface area contributed by atoms with Gasteiger partial charge in [0.1, 0.15) is 0 Å². The summed E-state index contributed by atoms with van der Waals surface area (Å²) in [7, 11) is 1.95. The third kappa shape index (κ3) is 2.76. The first-order valence-corrected chi connectivity index (χ1v) is 7.45. The van der Waals surface area contributed by atoms with E-state index in [1.165, 1.54) is 10.5 Å². The van der Waals surface area contributed by atoms with Gasteiger partial charge in [0, 0.05) is 30.3 Å². The number of fused-ring (bicyclic) bond motifs is 1. The molecule has 0 aromatic heterocycles. The number of hydrogen-bond acceptors (Lipinski definition) is 3. The molecule has 1 aromatic rings. The predicted molar refractivity (Wildman–Crippen MR) is 81.2 cm³/mol. The van der Waals surface area contributed by atoms with Gasteiger partial charge in [-0.25, -0.2) is 0 Å². The molecule has 5 heteroatoms. The molecule has 1 N–H and O–H groups in total. The molecule has 1 aromatic carbocycles. The fourth-order valence-corrected chi connectivity index (χ4v) is 3.98. The standard InChI is InChI=1S/C14H18N2OS.ClH/c1-16(10-6-7-15-8-10)14(17)12-9-18-13-5-3-2-4-11(12)13;/h2-5,10,12,15H,6-9H2,1H3;1H.